The van der Waals surface area contributed by atoms with Crippen LogP contribution >= 0.6 is 0 Å². The van der Waals surface area contributed by atoms with E-state index in [1.54, 1.807) is 24.4 Å². The third-order valence-corrected chi connectivity index (χ3v) is 2.81. The predicted octanol–water partition coefficient (Wildman–Crippen LogP) is 2.38. The molecule has 0 aliphatic heterocycles. The molecule has 1 heterocycles. The summed E-state index contributed by atoms with van der Waals surface area (Å²) in [4.78, 5) is 24.6. The van der Waals surface area contributed by atoms with Crippen LogP contribution in [0.15, 0.2) is 36.7 Å². The van der Waals surface area contributed by atoms with E-state index < -0.39 is 21.2 Å². The van der Waals surface area contributed by atoms with Crippen LogP contribution in [0.2, 0.25) is 0 Å². The Morgan fingerprint density at radius 2 is 1.86 bits per heavy atom. The summed E-state index contributed by atoms with van der Waals surface area (Å²) in [5.41, 5.74) is -0.720. The molecule has 0 bridgehead atoms. The van der Waals surface area contributed by atoms with Gasteiger partial charge in [0, 0.05) is 31.1 Å². The van der Waals surface area contributed by atoms with Gasteiger partial charge in [-0.2, -0.15) is 5.26 Å². The lowest BCUT2D eigenvalue weighted by Gasteiger charge is -2.08. The first-order valence-electron chi connectivity index (χ1n) is 6.02. The van der Waals surface area contributed by atoms with Crippen molar-refractivity contribution in [2.24, 2.45) is 0 Å². The van der Waals surface area contributed by atoms with E-state index in [0.717, 1.165) is 12.1 Å². The van der Waals surface area contributed by atoms with Crippen molar-refractivity contribution in [2.45, 2.75) is 6.54 Å². The van der Waals surface area contributed by atoms with E-state index in [4.69, 9.17) is 5.26 Å². The Labute approximate surface area is 124 Å². The smallest absolute Gasteiger partial charge is 0.300 e. The summed E-state index contributed by atoms with van der Waals surface area (Å²) in [6.07, 6.45) is 3.10. The fraction of sp³-hybridized carbons (Fsp3) is 0.0769. The Morgan fingerprint density at radius 1 is 1.23 bits per heavy atom. The molecule has 0 amide bonds. The van der Waals surface area contributed by atoms with Gasteiger partial charge >= 0.3 is 11.4 Å². The van der Waals surface area contributed by atoms with E-state index in [1.807, 2.05) is 0 Å². The molecule has 9 heteroatoms. The van der Waals surface area contributed by atoms with Crippen molar-refractivity contribution in [2.75, 3.05) is 5.32 Å². The molecule has 0 fully saturated rings. The molecule has 1 aromatic heterocycles. The van der Waals surface area contributed by atoms with Crippen LogP contribution in [-0.4, -0.2) is 14.8 Å². The maximum atomic E-state index is 11.1. The number of benzene rings is 1. The van der Waals surface area contributed by atoms with Gasteiger partial charge in [-0.05, 0) is 11.6 Å². The minimum absolute atomic E-state index is 0.126. The SMILES string of the molecule is N#Cc1cc([N+](=O)[O-])c(NCc2cccnc2)c([N+](=O)[O-])c1. The third-order valence-electron chi connectivity index (χ3n) is 2.81. The van der Waals surface area contributed by atoms with Crippen molar-refractivity contribution in [3.05, 3.63) is 68.0 Å². The average molecular weight is 299 g/mol. The molecular formula is C13H9N5O4. The van der Waals surface area contributed by atoms with E-state index in [-0.39, 0.29) is 17.8 Å². The first-order chi connectivity index (χ1) is 10.5. The third kappa shape index (κ3) is 3.13. The number of nitro groups is 2. The van der Waals surface area contributed by atoms with Crippen molar-refractivity contribution in [1.82, 2.24) is 4.98 Å². The number of hydrogen-bond acceptors (Lipinski definition) is 7. The van der Waals surface area contributed by atoms with Crippen LogP contribution in [0.25, 0.3) is 0 Å². The Bertz CT molecular complexity index is 735. The summed E-state index contributed by atoms with van der Waals surface area (Å²) >= 11 is 0. The van der Waals surface area contributed by atoms with Gasteiger partial charge in [0.2, 0.25) is 0 Å². The number of nitrogens with zero attached hydrogens (tertiary/aromatic N) is 4. The lowest BCUT2D eigenvalue weighted by Crippen LogP contribution is -2.06. The Kier molecular flexibility index (Phi) is 4.24. The summed E-state index contributed by atoms with van der Waals surface area (Å²) in [7, 11) is 0. The summed E-state index contributed by atoms with van der Waals surface area (Å²) < 4.78 is 0. The molecule has 9 nitrogen and oxygen atoms in total. The van der Waals surface area contributed by atoms with Crippen LogP contribution < -0.4 is 5.32 Å². The number of hydrogen-bond donors (Lipinski definition) is 1. The van der Waals surface area contributed by atoms with Crippen molar-refractivity contribution in [3.8, 4) is 6.07 Å². The molecule has 22 heavy (non-hydrogen) atoms. The molecule has 0 aliphatic carbocycles. The zero-order valence-electron chi connectivity index (χ0n) is 11.1. The number of aromatic nitrogens is 1. The van der Waals surface area contributed by atoms with Crippen molar-refractivity contribution < 1.29 is 9.85 Å². The highest BCUT2D eigenvalue weighted by molar-refractivity contribution is 5.75. The van der Waals surface area contributed by atoms with Crippen molar-refractivity contribution >= 4 is 17.1 Å². The van der Waals surface area contributed by atoms with Gasteiger partial charge in [0.25, 0.3) is 0 Å². The standard InChI is InChI=1S/C13H9N5O4/c14-6-10-4-11(17(19)20)13(12(5-10)18(21)22)16-8-9-2-1-3-15-7-9/h1-5,7,16H,8H2. The summed E-state index contributed by atoms with van der Waals surface area (Å²) in [6, 6.07) is 7.07. The summed E-state index contributed by atoms with van der Waals surface area (Å²) in [5, 5.41) is 33.7. The highest BCUT2D eigenvalue weighted by Gasteiger charge is 2.26. The maximum absolute atomic E-state index is 11.1. The summed E-state index contributed by atoms with van der Waals surface area (Å²) in [6.45, 7) is 0.126. The molecular weight excluding hydrogens is 290 g/mol. The van der Waals surface area contributed by atoms with Crippen LogP contribution in [0.1, 0.15) is 11.1 Å². The molecule has 2 rings (SSSR count). The van der Waals surface area contributed by atoms with Crippen LogP contribution in [0, 0.1) is 31.6 Å². The highest BCUT2D eigenvalue weighted by atomic mass is 16.6. The molecule has 0 saturated carbocycles. The topological polar surface area (TPSA) is 135 Å². The van der Waals surface area contributed by atoms with Crippen molar-refractivity contribution in [3.63, 3.8) is 0 Å². The predicted molar refractivity (Wildman–Crippen MR) is 76.0 cm³/mol. The fourth-order valence-electron chi connectivity index (χ4n) is 1.84. The quantitative estimate of drug-likeness (QED) is 0.661. The minimum Gasteiger partial charge on any atom is -0.370 e. The van der Waals surface area contributed by atoms with Gasteiger partial charge in [0.15, 0.2) is 5.69 Å². The van der Waals surface area contributed by atoms with E-state index >= 15 is 0 Å². The van der Waals surface area contributed by atoms with Crippen molar-refractivity contribution in [1.29, 1.82) is 5.26 Å². The Balaban J connectivity index is 2.45. The van der Waals surface area contributed by atoms with Crippen LogP contribution in [0.5, 0.6) is 0 Å². The van der Waals surface area contributed by atoms with E-state index in [0.29, 0.717) is 5.56 Å². The number of anilines is 1. The second-order valence-corrected chi connectivity index (χ2v) is 4.23. The monoisotopic (exact) mass is 299 g/mol. The molecule has 0 atom stereocenters. The molecule has 2 aromatic rings. The molecule has 0 aliphatic rings. The van der Waals surface area contributed by atoms with Crippen LogP contribution in [-0.2, 0) is 6.54 Å². The minimum atomic E-state index is -0.764. The van der Waals surface area contributed by atoms with E-state index in [9.17, 15) is 20.2 Å². The number of rotatable bonds is 5. The van der Waals surface area contributed by atoms with Crippen LogP contribution in [0.3, 0.4) is 0 Å². The maximum Gasteiger partial charge on any atom is 0.300 e. The lowest BCUT2D eigenvalue weighted by molar-refractivity contribution is -0.392. The molecule has 0 unspecified atom stereocenters. The molecule has 1 N–H and O–H groups in total. The normalized spacial score (nSPS) is 9.77. The second-order valence-electron chi connectivity index (χ2n) is 4.23. The zero-order valence-corrected chi connectivity index (χ0v) is 11.1. The molecule has 1 aromatic carbocycles. The average Bonchev–Trinajstić information content (AvgIpc) is 2.52. The van der Waals surface area contributed by atoms with E-state index in [2.05, 4.69) is 10.3 Å². The van der Waals surface area contributed by atoms with Gasteiger partial charge in [0.1, 0.15) is 0 Å². The van der Waals surface area contributed by atoms with Gasteiger partial charge in [-0.15, -0.1) is 0 Å². The number of nitro benzene ring substituents is 2. The van der Waals surface area contributed by atoms with Gasteiger partial charge in [-0.1, -0.05) is 6.07 Å². The molecule has 110 valence electrons. The molecule has 0 spiro atoms. The van der Waals surface area contributed by atoms with Gasteiger partial charge in [0.05, 0.1) is 21.5 Å². The first-order valence-corrected chi connectivity index (χ1v) is 6.02. The van der Waals surface area contributed by atoms with Gasteiger partial charge in [-0.25, -0.2) is 0 Å². The summed E-state index contributed by atoms with van der Waals surface area (Å²) in [5.74, 6) is 0. The first kappa shape index (κ1) is 14.9. The van der Waals surface area contributed by atoms with Gasteiger partial charge < -0.3 is 5.32 Å². The zero-order chi connectivity index (χ0) is 16.1. The number of nitriles is 1. The lowest BCUT2D eigenvalue weighted by atomic mass is 10.1. The highest BCUT2D eigenvalue weighted by Crippen LogP contribution is 2.35. The largest absolute Gasteiger partial charge is 0.370 e. The Hall–Kier alpha value is -3.54. The number of nitrogens with one attached hydrogen (secondary N) is 1. The number of pyridine rings is 1. The molecule has 0 saturated heterocycles. The Morgan fingerprint density at radius 3 is 2.32 bits per heavy atom. The fourth-order valence-corrected chi connectivity index (χ4v) is 1.84. The van der Waals surface area contributed by atoms with E-state index in [1.165, 1.54) is 6.20 Å². The second kappa shape index (κ2) is 6.27. The van der Waals surface area contributed by atoms with Gasteiger partial charge in [-0.3, -0.25) is 25.2 Å². The van der Waals surface area contributed by atoms with Crippen LogP contribution in [0.4, 0.5) is 17.1 Å². The molecule has 0 radical (unpaired) electrons.